The lowest BCUT2D eigenvalue weighted by Gasteiger charge is -2.25. The fraction of sp³-hybridized carbons (Fsp3) is 0.0667. The number of carbonyl (C=O) groups is 1. The van der Waals surface area contributed by atoms with Gasteiger partial charge in [0, 0.05) is 24.4 Å². The second kappa shape index (κ2) is 10.3. The SMILES string of the molecule is Cn1nc(-c2ccccc2)c(-c2ccccc2)c(C(=O)N(Cc2ccccn2)c2ccccc2O)c1=O. The average Bonchev–Trinajstić information content (AvgIpc) is 2.94. The molecule has 0 aliphatic carbocycles. The summed E-state index contributed by atoms with van der Waals surface area (Å²) in [6.07, 6.45) is 1.64. The van der Waals surface area contributed by atoms with Crippen LogP contribution in [-0.4, -0.2) is 25.8 Å². The fourth-order valence-electron chi connectivity index (χ4n) is 4.26. The lowest BCUT2D eigenvalue weighted by Crippen LogP contribution is -2.38. The van der Waals surface area contributed by atoms with Crippen molar-refractivity contribution in [3.05, 3.63) is 131 Å². The number of nitrogens with zero attached hydrogens (tertiary/aromatic N) is 4. The van der Waals surface area contributed by atoms with Gasteiger partial charge in [-0.3, -0.25) is 19.5 Å². The first-order chi connectivity index (χ1) is 18.0. The van der Waals surface area contributed by atoms with Crippen LogP contribution in [0.5, 0.6) is 5.75 Å². The summed E-state index contributed by atoms with van der Waals surface area (Å²) >= 11 is 0. The van der Waals surface area contributed by atoms with E-state index in [-0.39, 0.29) is 23.5 Å². The maximum atomic E-state index is 14.4. The van der Waals surface area contributed by atoms with Crippen molar-refractivity contribution >= 4 is 11.6 Å². The van der Waals surface area contributed by atoms with E-state index >= 15 is 0 Å². The summed E-state index contributed by atoms with van der Waals surface area (Å²) in [5, 5.41) is 15.3. The third-order valence-corrected chi connectivity index (χ3v) is 6.03. The van der Waals surface area contributed by atoms with Gasteiger partial charge in [0.2, 0.25) is 0 Å². The van der Waals surface area contributed by atoms with E-state index in [1.54, 1.807) is 36.5 Å². The van der Waals surface area contributed by atoms with Crippen LogP contribution in [0, 0.1) is 0 Å². The molecule has 0 unspecified atom stereocenters. The van der Waals surface area contributed by atoms with Gasteiger partial charge in [0.1, 0.15) is 11.3 Å². The molecule has 5 rings (SSSR count). The summed E-state index contributed by atoms with van der Waals surface area (Å²) < 4.78 is 1.19. The molecule has 5 aromatic rings. The number of aryl methyl sites for hydroxylation is 1. The Labute approximate surface area is 213 Å². The summed E-state index contributed by atoms with van der Waals surface area (Å²) in [6, 6.07) is 30.7. The topological polar surface area (TPSA) is 88.3 Å². The van der Waals surface area contributed by atoms with Crippen LogP contribution in [-0.2, 0) is 13.6 Å². The molecular formula is C30H24N4O3. The minimum absolute atomic E-state index is 0.0401. The van der Waals surface area contributed by atoms with Crippen LogP contribution in [0.15, 0.2) is 114 Å². The zero-order valence-electron chi connectivity index (χ0n) is 20.2. The zero-order chi connectivity index (χ0) is 25.8. The number of aromatic hydroxyl groups is 1. The van der Waals surface area contributed by atoms with E-state index in [0.29, 0.717) is 22.5 Å². The molecule has 0 spiro atoms. The van der Waals surface area contributed by atoms with Crippen LogP contribution >= 0.6 is 0 Å². The van der Waals surface area contributed by atoms with Crippen molar-refractivity contribution in [1.82, 2.24) is 14.8 Å². The minimum atomic E-state index is -0.564. The first-order valence-electron chi connectivity index (χ1n) is 11.8. The second-order valence-electron chi connectivity index (χ2n) is 8.46. The Balaban J connectivity index is 1.78. The van der Waals surface area contributed by atoms with Crippen LogP contribution in [0.2, 0.25) is 0 Å². The Bertz CT molecular complexity index is 1600. The molecule has 7 heteroatoms. The monoisotopic (exact) mass is 488 g/mol. The standard InChI is InChI=1S/C30H24N4O3/c1-33-29(36)27(26(21-12-4-2-5-13-21)28(32-33)22-14-6-3-7-15-22)30(37)34(20-23-16-10-11-19-31-23)24-17-8-9-18-25(24)35/h2-19,35H,20H2,1H3. The van der Waals surface area contributed by atoms with Gasteiger partial charge in [-0.15, -0.1) is 0 Å². The molecule has 3 aromatic carbocycles. The lowest BCUT2D eigenvalue weighted by molar-refractivity contribution is 0.0982. The largest absolute Gasteiger partial charge is 0.506 e. The Hall–Kier alpha value is -5.04. The summed E-state index contributed by atoms with van der Waals surface area (Å²) in [6.45, 7) is 0.0532. The molecular weight excluding hydrogens is 464 g/mol. The number of amides is 1. The van der Waals surface area contributed by atoms with Crippen molar-refractivity contribution in [2.24, 2.45) is 7.05 Å². The molecule has 7 nitrogen and oxygen atoms in total. The second-order valence-corrected chi connectivity index (χ2v) is 8.46. The van der Waals surface area contributed by atoms with Crippen LogP contribution in [0.4, 0.5) is 5.69 Å². The van der Waals surface area contributed by atoms with E-state index in [1.165, 1.54) is 22.7 Å². The van der Waals surface area contributed by atoms with Crippen molar-refractivity contribution < 1.29 is 9.90 Å². The summed E-state index contributed by atoms with van der Waals surface area (Å²) in [5.74, 6) is -0.645. The molecule has 2 aromatic heterocycles. The van der Waals surface area contributed by atoms with E-state index in [9.17, 15) is 14.7 Å². The number of phenols is 1. The first-order valence-corrected chi connectivity index (χ1v) is 11.8. The maximum Gasteiger partial charge on any atom is 0.280 e. The number of aromatic nitrogens is 3. The average molecular weight is 489 g/mol. The molecule has 0 saturated carbocycles. The number of rotatable bonds is 6. The molecule has 37 heavy (non-hydrogen) atoms. The van der Waals surface area contributed by atoms with Gasteiger partial charge in [-0.1, -0.05) is 78.9 Å². The lowest BCUT2D eigenvalue weighted by atomic mass is 9.94. The molecule has 0 radical (unpaired) electrons. The number of carbonyl (C=O) groups excluding carboxylic acids is 1. The van der Waals surface area contributed by atoms with Gasteiger partial charge < -0.3 is 5.11 Å². The normalized spacial score (nSPS) is 10.7. The zero-order valence-corrected chi connectivity index (χ0v) is 20.2. The van der Waals surface area contributed by atoms with Crippen molar-refractivity contribution in [2.75, 3.05) is 4.90 Å². The number of para-hydroxylation sites is 2. The van der Waals surface area contributed by atoms with Gasteiger partial charge >= 0.3 is 0 Å². The highest BCUT2D eigenvalue weighted by atomic mass is 16.3. The van der Waals surface area contributed by atoms with Crippen LogP contribution < -0.4 is 10.5 Å². The number of pyridine rings is 1. The number of hydrogen-bond acceptors (Lipinski definition) is 5. The third-order valence-electron chi connectivity index (χ3n) is 6.03. The molecule has 1 amide bonds. The highest BCUT2D eigenvalue weighted by Gasteiger charge is 2.30. The van der Waals surface area contributed by atoms with Crippen molar-refractivity contribution in [3.63, 3.8) is 0 Å². The van der Waals surface area contributed by atoms with Gasteiger partial charge in [0.25, 0.3) is 11.5 Å². The van der Waals surface area contributed by atoms with Gasteiger partial charge in [0.05, 0.1) is 23.6 Å². The summed E-state index contributed by atoms with van der Waals surface area (Å²) in [4.78, 5) is 33.8. The molecule has 2 heterocycles. The first kappa shape index (κ1) is 23.7. The number of hydrogen-bond donors (Lipinski definition) is 1. The highest BCUT2D eigenvalue weighted by Crippen LogP contribution is 2.35. The Morgan fingerprint density at radius 1 is 0.838 bits per heavy atom. The highest BCUT2D eigenvalue weighted by molar-refractivity contribution is 6.12. The molecule has 0 fully saturated rings. The summed E-state index contributed by atoms with van der Waals surface area (Å²) in [7, 11) is 1.53. The van der Waals surface area contributed by atoms with E-state index in [2.05, 4.69) is 10.1 Å². The quantitative estimate of drug-likeness (QED) is 0.361. The van der Waals surface area contributed by atoms with E-state index in [0.717, 1.165) is 5.56 Å². The van der Waals surface area contributed by atoms with Crippen LogP contribution in [0.3, 0.4) is 0 Å². The summed E-state index contributed by atoms with van der Waals surface area (Å²) in [5.41, 5.74) is 2.70. The predicted octanol–water partition coefficient (Wildman–Crippen LogP) is 5.06. The molecule has 0 saturated heterocycles. The Kier molecular flexibility index (Phi) is 6.59. The molecule has 0 aliphatic rings. The smallest absolute Gasteiger partial charge is 0.280 e. The van der Waals surface area contributed by atoms with Gasteiger partial charge in [-0.05, 0) is 29.8 Å². The van der Waals surface area contributed by atoms with Gasteiger partial charge in [0.15, 0.2) is 0 Å². The molecule has 0 bridgehead atoms. The van der Waals surface area contributed by atoms with Crippen LogP contribution in [0.1, 0.15) is 16.1 Å². The minimum Gasteiger partial charge on any atom is -0.506 e. The van der Waals surface area contributed by atoms with Gasteiger partial charge in [-0.25, -0.2) is 4.68 Å². The molecule has 182 valence electrons. The Morgan fingerprint density at radius 2 is 1.46 bits per heavy atom. The number of benzene rings is 3. The van der Waals surface area contributed by atoms with E-state index in [4.69, 9.17) is 0 Å². The number of anilines is 1. The van der Waals surface area contributed by atoms with Gasteiger partial charge in [-0.2, -0.15) is 5.10 Å². The van der Waals surface area contributed by atoms with Crippen molar-refractivity contribution in [2.45, 2.75) is 6.54 Å². The molecule has 1 N–H and O–H groups in total. The third kappa shape index (κ3) is 4.75. The molecule has 0 atom stereocenters. The van der Waals surface area contributed by atoms with Crippen molar-refractivity contribution in [1.29, 1.82) is 0 Å². The van der Waals surface area contributed by atoms with E-state index < -0.39 is 11.5 Å². The number of phenolic OH excluding ortho intramolecular Hbond substituents is 1. The van der Waals surface area contributed by atoms with Crippen molar-refractivity contribution in [3.8, 4) is 28.1 Å². The Morgan fingerprint density at radius 3 is 2.11 bits per heavy atom. The van der Waals surface area contributed by atoms with E-state index in [1.807, 2.05) is 66.7 Å². The predicted molar refractivity (Wildman–Crippen MR) is 143 cm³/mol. The molecule has 0 aliphatic heterocycles. The fourth-order valence-corrected chi connectivity index (χ4v) is 4.26. The maximum absolute atomic E-state index is 14.4. The van der Waals surface area contributed by atoms with Crippen LogP contribution in [0.25, 0.3) is 22.4 Å².